The Kier molecular flexibility index (Phi) is 9.61. The Labute approximate surface area is 309 Å². The van der Waals surface area contributed by atoms with Crippen molar-refractivity contribution in [1.82, 2.24) is 18.6 Å². The molecule has 0 atom stereocenters. The second-order valence-corrected chi connectivity index (χ2v) is 18.0. The van der Waals surface area contributed by atoms with Gasteiger partial charge in [-0.2, -0.15) is 0 Å². The average molecular weight is 781 g/mol. The van der Waals surface area contributed by atoms with Gasteiger partial charge < -0.3 is 20.4 Å². The fourth-order valence-corrected chi connectivity index (χ4v) is 12.7. The fraction of sp³-hybridized carbons (Fsp3) is 0.222. The highest BCUT2D eigenvalue weighted by molar-refractivity contribution is 7.95. The van der Waals surface area contributed by atoms with Crippen molar-refractivity contribution in [2.45, 2.75) is 19.6 Å². The monoisotopic (exact) mass is 780 g/mol. The van der Waals surface area contributed by atoms with Gasteiger partial charge in [-0.05, 0) is 60.7 Å². The third kappa shape index (κ3) is 5.94. The molecule has 272 valence electrons. The van der Waals surface area contributed by atoms with Crippen molar-refractivity contribution >= 4 is 75.5 Å². The minimum atomic E-state index is -4.72. The third-order valence-corrected chi connectivity index (χ3v) is 15.2. The number of hydrogen-bond acceptors (Lipinski definition) is 10. The van der Waals surface area contributed by atoms with Gasteiger partial charge in [-0.25, -0.2) is 33.2 Å². The highest BCUT2D eigenvalue weighted by atomic mass is 35.5. The standard InChI is InChI=1S/C36H36N6O6S3.ClH/c43-49(44,33-11-1-3-13-35(33)50(45,46)41-21-15-27-29(7-5-9-31(27)41)39-23-17-37-18-24-39)34-12-2-4-14-36(34)51(47,48)42-22-16-28-30(8-6-10-32(28)42)40-25-19-38-20-26-40;/h1-16,21-22,37-38H,17-20,23-26H2;1H. The lowest BCUT2D eigenvalue weighted by Crippen LogP contribution is -2.43. The number of nitrogens with zero attached hydrogens (tertiary/aromatic N) is 4. The maximum absolute atomic E-state index is 14.6. The molecule has 0 aliphatic carbocycles. The summed E-state index contributed by atoms with van der Waals surface area (Å²) in [6.07, 6.45) is 2.86. The van der Waals surface area contributed by atoms with Crippen LogP contribution >= 0.6 is 12.4 Å². The Morgan fingerprint density at radius 3 is 1.19 bits per heavy atom. The first-order valence-corrected chi connectivity index (χ1v) is 21.0. The fourth-order valence-electron chi connectivity index (χ4n) is 7.14. The number of fused-ring (bicyclic) bond motifs is 2. The number of sulfone groups is 1. The molecule has 0 radical (unpaired) electrons. The molecule has 0 spiro atoms. The molecule has 2 saturated heterocycles. The zero-order valence-electron chi connectivity index (χ0n) is 27.9. The zero-order chi connectivity index (χ0) is 35.4. The van der Waals surface area contributed by atoms with Gasteiger partial charge in [-0.3, -0.25) is 0 Å². The van der Waals surface area contributed by atoms with E-state index in [1.54, 1.807) is 36.4 Å². The van der Waals surface area contributed by atoms with Crippen LogP contribution in [0.1, 0.15) is 0 Å². The smallest absolute Gasteiger partial charge is 0.269 e. The summed E-state index contributed by atoms with van der Waals surface area (Å²) in [5.74, 6) is 0. The molecule has 2 fully saturated rings. The van der Waals surface area contributed by atoms with E-state index in [4.69, 9.17) is 0 Å². The predicted octanol–water partition coefficient (Wildman–Crippen LogP) is 4.14. The summed E-state index contributed by atoms with van der Waals surface area (Å²) in [5, 5.41) is 8.08. The second kappa shape index (κ2) is 13.9. The highest BCUT2D eigenvalue weighted by Crippen LogP contribution is 2.37. The van der Waals surface area contributed by atoms with E-state index in [-0.39, 0.29) is 12.4 Å². The lowest BCUT2D eigenvalue weighted by molar-refractivity contribution is 0.573. The number of halogens is 1. The van der Waals surface area contributed by atoms with Crippen LogP contribution in [0, 0.1) is 0 Å². The van der Waals surface area contributed by atoms with Gasteiger partial charge in [0.15, 0.2) is 0 Å². The molecular formula is C36H37ClN6O6S3. The zero-order valence-corrected chi connectivity index (χ0v) is 31.2. The summed E-state index contributed by atoms with van der Waals surface area (Å²) in [6.45, 7) is 6.25. The van der Waals surface area contributed by atoms with Gasteiger partial charge in [0, 0.05) is 86.9 Å². The number of rotatable bonds is 8. The van der Waals surface area contributed by atoms with E-state index in [0.717, 1.165) is 82.5 Å². The molecular weight excluding hydrogens is 744 g/mol. The van der Waals surface area contributed by atoms with Gasteiger partial charge >= 0.3 is 0 Å². The summed E-state index contributed by atoms with van der Waals surface area (Å²) >= 11 is 0. The van der Waals surface area contributed by atoms with Crippen molar-refractivity contribution in [3.63, 3.8) is 0 Å². The van der Waals surface area contributed by atoms with Crippen LogP contribution in [0.15, 0.2) is 129 Å². The second-order valence-electron chi connectivity index (χ2n) is 12.5. The molecule has 0 unspecified atom stereocenters. The Bertz CT molecular complexity index is 2450. The van der Waals surface area contributed by atoms with E-state index < -0.39 is 49.5 Å². The Morgan fingerprint density at radius 2 is 0.808 bits per heavy atom. The Morgan fingerprint density at radius 1 is 0.442 bits per heavy atom. The van der Waals surface area contributed by atoms with Gasteiger partial charge in [-0.1, -0.05) is 36.4 Å². The van der Waals surface area contributed by atoms with Gasteiger partial charge in [0.1, 0.15) is 9.79 Å². The van der Waals surface area contributed by atoms with Crippen molar-refractivity contribution in [1.29, 1.82) is 0 Å². The minimum Gasteiger partial charge on any atom is -0.368 e. The first kappa shape index (κ1) is 36.0. The van der Waals surface area contributed by atoms with Crippen LogP contribution in [0.4, 0.5) is 11.4 Å². The van der Waals surface area contributed by atoms with Crippen LogP contribution in [-0.2, 0) is 29.9 Å². The van der Waals surface area contributed by atoms with Gasteiger partial charge in [0.2, 0.25) is 9.84 Å². The molecule has 2 N–H and O–H groups in total. The SMILES string of the molecule is Cl.O=S(=O)(c1ccccc1S(=O)(=O)n1ccc2c(N3CCNCC3)cccc21)c1ccccc1S(=O)(=O)n1ccc2c(N3CCNCC3)cccc21. The molecule has 0 amide bonds. The number of anilines is 2. The third-order valence-electron chi connectivity index (χ3n) is 9.61. The highest BCUT2D eigenvalue weighted by Gasteiger charge is 2.35. The summed E-state index contributed by atoms with van der Waals surface area (Å²) in [6, 6.07) is 24.9. The van der Waals surface area contributed by atoms with Crippen molar-refractivity contribution in [3.8, 4) is 0 Å². The first-order valence-electron chi connectivity index (χ1n) is 16.7. The maximum Gasteiger partial charge on any atom is 0.269 e. The normalized spacial score (nSPS) is 15.9. The quantitative estimate of drug-likeness (QED) is 0.232. The molecule has 52 heavy (non-hydrogen) atoms. The average Bonchev–Trinajstić information content (AvgIpc) is 3.82. The first-order chi connectivity index (χ1) is 24.6. The van der Waals surface area contributed by atoms with Crippen LogP contribution < -0.4 is 20.4 Å². The molecule has 4 aromatic carbocycles. The lowest BCUT2D eigenvalue weighted by atomic mass is 10.2. The Hall–Kier alpha value is -4.38. The predicted molar refractivity (Wildman–Crippen MR) is 205 cm³/mol. The Balaban J connectivity index is 0.00000420. The number of benzene rings is 4. The number of aromatic nitrogens is 2. The topological polar surface area (TPSA) is 143 Å². The van der Waals surface area contributed by atoms with E-state index in [1.165, 1.54) is 60.9 Å². The molecule has 12 nitrogen and oxygen atoms in total. The van der Waals surface area contributed by atoms with E-state index in [0.29, 0.717) is 11.0 Å². The summed E-state index contributed by atoms with van der Waals surface area (Å²) in [7, 11) is -13.7. The molecule has 6 aromatic rings. The molecule has 2 aromatic heterocycles. The minimum absolute atomic E-state index is 0. The molecule has 2 aliphatic heterocycles. The van der Waals surface area contributed by atoms with Crippen molar-refractivity contribution in [2.75, 3.05) is 62.2 Å². The summed E-state index contributed by atoms with van der Waals surface area (Å²) < 4.78 is 89.0. The van der Waals surface area contributed by atoms with Crippen molar-refractivity contribution < 1.29 is 25.3 Å². The molecule has 8 rings (SSSR count). The van der Waals surface area contributed by atoms with E-state index in [9.17, 15) is 25.3 Å². The van der Waals surface area contributed by atoms with Gasteiger partial charge in [0.05, 0.1) is 20.8 Å². The summed E-state index contributed by atoms with van der Waals surface area (Å²) in [5.41, 5.74) is 2.59. The lowest BCUT2D eigenvalue weighted by Gasteiger charge is -2.30. The van der Waals surface area contributed by atoms with E-state index >= 15 is 0 Å². The molecule has 16 heteroatoms. The van der Waals surface area contributed by atoms with E-state index in [1.807, 2.05) is 12.1 Å². The molecule has 4 heterocycles. The molecule has 0 saturated carbocycles. The molecule has 2 aliphatic rings. The van der Waals surface area contributed by atoms with E-state index in [2.05, 4.69) is 20.4 Å². The van der Waals surface area contributed by atoms with Crippen LogP contribution in [0.5, 0.6) is 0 Å². The van der Waals surface area contributed by atoms with Crippen LogP contribution in [0.3, 0.4) is 0 Å². The maximum atomic E-state index is 14.6. The van der Waals surface area contributed by atoms with Gasteiger partial charge in [-0.15, -0.1) is 12.4 Å². The summed E-state index contributed by atoms with van der Waals surface area (Å²) in [4.78, 5) is 2.40. The number of piperazine rings is 2. The largest absolute Gasteiger partial charge is 0.368 e. The van der Waals surface area contributed by atoms with Crippen LogP contribution in [-0.4, -0.2) is 85.6 Å². The van der Waals surface area contributed by atoms with Crippen LogP contribution in [0.2, 0.25) is 0 Å². The van der Waals surface area contributed by atoms with Crippen LogP contribution in [0.25, 0.3) is 21.8 Å². The number of nitrogens with one attached hydrogen (secondary N) is 2. The number of hydrogen-bond donors (Lipinski definition) is 2. The van der Waals surface area contributed by atoms with Gasteiger partial charge in [0.25, 0.3) is 20.0 Å². The molecule has 0 bridgehead atoms. The van der Waals surface area contributed by atoms with Crippen molar-refractivity contribution in [3.05, 3.63) is 109 Å². The van der Waals surface area contributed by atoms with Crippen molar-refractivity contribution in [2.24, 2.45) is 0 Å².